The number of hydrogen-bond acceptors (Lipinski definition) is 2. The van der Waals surface area contributed by atoms with Gasteiger partial charge in [-0.15, -0.1) is 0 Å². The Kier molecular flexibility index (Phi) is 5.53. The average Bonchev–Trinajstić information content (AvgIpc) is 2.43. The molecule has 118 valence electrons. The Balaban J connectivity index is 1.81. The average molecular weight is 280 g/mol. The van der Waals surface area contributed by atoms with Gasteiger partial charge in [-0.05, 0) is 63.1 Å². The van der Waals surface area contributed by atoms with E-state index in [0.29, 0.717) is 11.5 Å². The number of rotatable bonds is 5. The van der Waals surface area contributed by atoms with Gasteiger partial charge >= 0.3 is 0 Å². The maximum Gasteiger partial charge on any atom is 0.0102 e. The number of likely N-dealkylation sites (tertiary alicyclic amines) is 1. The third-order valence-corrected chi connectivity index (χ3v) is 6.14. The summed E-state index contributed by atoms with van der Waals surface area (Å²) in [6.07, 6.45) is 10.4. The van der Waals surface area contributed by atoms with Crippen LogP contribution in [0.4, 0.5) is 0 Å². The van der Waals surface area contributed by atoms with E-state index in [1.54, 1.807) is 0 Å². The predicted octanol–water partition coefficient (Wildman–Crippen LogP) is 4.06. The molecule has 1 aliphatic carbocycles. The van der Waals surface area contributed by atoms with E-state index in [9.17, 15) is 0 Å². The Hall–Kier alpha value is -0.0800. The molecule has 0 aromatic rings. The fraction of sp³-hybridized carbons (Fsp3) is 1.00. The molecule has 2 rings (SSSR count). The molecule has 0 amide bonds. The summed E-state index contributed by atoms with van der Waals surface area (Å²) in [5.74, 6) is 0. The van der Waals surface area contributed by atoms with Crippen molar-refractivity contribution in [1.29, 1.82) is 0 Å². The van der Waals surface area contributed by atoms with E-state index in [-0.39, 0.29) is 0 Å². The van der Waals surface area contributed by atoms with Crippen LogP contribution in [0.25, 0.3) is 0 Å². The highest BCUT2D eigenvalue weighted by molar-refractivity contribution is 4.91. The van der Waals surface area contributed by atoms with Crippen molar-refractivity contribution in [2.24, 2.45) is 10.8 Å². The molecule has 2 nitrogen and oxygen atoms in total. The van der Waals surface area contributed by atoms with Gasteiger partial charge in [-0.3, -0.25) is 0 Å². The number of nitrogens with one attached hydrogen (secondary N) is 1. The highest BCUT2D eigenvalue weighted by Gasteiger charge is 2.37. The summed E-state index contributed by atoms with van der Waals surface area (Å²) in [7, 11) is 0. The zero-order chi connectivity index (χ0) is 14.6. The number of nitrogens with zero attached hydrogens (tertiary/aromatic N) is 1. The standard InChI is InChI=1S/C18H36N2/c1-5-19-16(2)17(3,4)15-20-13-11-18(12-14-20)9-7-6-8-10-18/h16,19H,5-15H2,1-4H3. The van der Waals surface area contributed by atoms with Gasteiger partial charge in [0.25, 0.3) is 0 Å². The molecule has 1 heterocycles. The van der Waals surface area contributed by atoms with E-state index < -0.39 is 0 Å². The van der Waals surface area contributed by atoms with Gasteiger partial charge in [-0.25, -0.2) is 0 Å². The van der Waals surface area contributed by atoms with E-state index in [2.05, 4.69) is 37.9 Å². The van der Waals surface area contributed by atoms with Crippen molar-refractivity contribution >= 4 is 0 Å². The van der Waals surface area contributed by atoms with Crippen LogP contribution in [0.15, 0.2) is 0 Å². The highest BCUT2D eigenvalue weighted by atomic mass is 15.1. The molecule has 2 fully saturated rings. The summed E-state index contributed by atoms with van der Waals surface area (Å²) in [4.78, 5) is 2.73. The van der Waals surface area contributed by atoms with Gasteiger partial charge in [-0.1, -0.05) is 40.0 Å². The molecule has 0 bridgehead atoms. The Morgan fingerprint density at radius 2 is 1.65 bits per heavy atom. The van der Waals surface area contributed by atoms with Crippen LogP contribution in [0, 0.1) is 10.8 Å². The first-order valence-electron chi connectivity index (χ1n) is 8.93. The van der Waals surface area contributed by atoms with Crippen molar-refractivity contribution < 1.29 is 0 Å². The lowest BCUT2D eigenvalue weighted by Crippen LogP contribution is -2.50. The minimum absolute atomic E-state index is 0.368. The lowest BCUT2D eigenvalue weighted by atomic mass is 9.68. The third-order valence-electron chi connectivity index (χ3n) is 6.14. The van der Waals surface area contributed by atoms with Crippen LogP contribution < -0.4 is 5.32 Å². The SMILES string of the molecule is CCNC(C)C(C)(C)CN1CCC2(CCCCC2)CC1. The molecule has 2 heteroatoms. The maximum atomic E-state index is 3.61. The zero-order valence-electron chi connectivity index (χ0n) is 14.3. The van der Waals surface area contributed by atoms with Crippen LogP contribution >= 0.6 is 0 Å². The molecule has 2 aliphatic rings. The maximum absolute atomic E-state index is 3.61. The molecule has 1 saturated carbocycles. The second kappa shape index (κ2) is 6.79. The first kappa shape index (κ1) is 16.3. The fourth-order valence-electron chi connectivity index (χ4n) is 4.28. The van der Waals surface area contributed by atoms with Crippen LogP contribution in [0.2, 0.25) is 0 Å². The van der Waals surface area contributed by atoms with Crippen LogP contribution in [0.3, 0.4) is 0 Å². The molecule has 1 aliphatic heterocycles. The molecule has 0 aromatic heterocycles. The molecular formula is C18H36N2. The van der Waals surface area contributed by atoms with Gasteiger partial charge in [0.2, 0.25) is 0 Å². The lowest BCUT2D eigenvalue weighted by molar-refractivity contribution is 0.0418. The van der Waals surface area contributed by atoms with Gasteiger partial charge in [-0.2, -0.15) is 0 Å². The molecular weight excluding hydrogens is 244 g/mol. The molecule has 1 saturated heterocycles. The summed E-state index contributed by atoms with van der Waals surface area (Å²) in [6, 6.07) is 0.595. The van der Waals surface area contributed by atoms with Crippen LogP contribution in [0.1, 0.15) is 72.6 Å². The minimum Gasteiger partial charge on any atom is -0.314 e. The van der Waals surface area contributed by atoms with Crippen LogP contribution in [-0.2, 0) is 0 Å². The Labute approximate surface area is 126 Å². The molecule has 1 N–H and O–H groups in total. The molecule has 1 unspecified atom stereocenters. The summed E-state index contributed by atoms with van der Waals surface area (Å²) in [5.41, 5.74) is 1.11. The number of hydrogen-bond donors (Lipinski definition) is 1. The van der Waals surface area contributed by atoms with Gasteiger partial charge < -0.3 is 10.2 Å². The van der Waals surface area contributed by atoms with Gasteiger partial charge in [0, 0.05) is 12.6 Å². The Bertz CT molecular complexity index is 282. The normalized spacial score (nSPS) is 25.8. The van der Waals surface area contributed by atoms with E-state index in [1.165, 1.54) is 64.6 Å². The van der Waals surface area contributed by atoms with Crippen molar-refractivity contribution in [3.05, 3.63) is 0 Å². The summed E-state index contributed by atoms with van der Waals surface area (Å²) in [6.45, 7) is 14.4. The Morgan fingerprint density at radius 3 is 2.20 bits per heavy atom. The molecule has 0 radical (unpaired) electrons. The van der Waals surface area contributed by atoms with E-state index in [0.717, 1.165) is 12.0 Å². The second-order valence-corrected chi connectivity index (χ2v) is 8.10. The molecule has 1 spiro atoms. The van der Waals surface area contributed by atoms with Gasteiger partial charge in [0.15, 0.2) is 0 Å². The zero-order valence-corrected chi connectivity index (χ0v) is 14.3. The van der Waals surface area contributed by atoms with E-state index in [1.807, 2.05) is 0 Å². The van der Waals surface area contributed by atoms with Crippen LogP contribution in [0.5, 0.6) is 0 Å². The first-order valence-corrected chi connectivity index (χ1v) is 8.93. The largest absolute Gasteiger partial charge is 0.314 e. The van der Waals surface area contributed by atoms with Crippen molar-refractivity contribution in [2.75, 3.05) is 26.2 Å². The minimum atomic E-state index is 0.368. The monoisotopic (exact) mass is 280 g/mol. The highest BCUT2D eigenvalue weighted by Crippen LogP contribution is 2.44. The topological polar surface area (TPSA) is 15.3 Å². The van der Waals surface area contributed by atoms with Gasteiger partial charge in [0.1, 0.15) is 0 Å². The van der Waals surface area contributed by atoms with Gasteiger partial charge in [0.05, 0.1) is 0 Å². The molecule has 20 heavy (non-hydrogen) atoms. The number of piperidine rings is 1. The lowest BCUT2D eigenvalue weighted by Gasteiger charge is -2.46. The summed E-state index contributed by atoms with van der Waals surface area (Å²) < 4.78 is 0. The first-order chi connectivity index (χ1) is 9.47. The van der Waals surface area contributed by atoms with Crippen molar-refractivity contribution in [3.8, 4) is 0 Å². The van der Waals surface area contributed by atoms with Crippen molar-refractivity contribution in [3.63, 3.8) is 0 Å². The van der Waals surface area contributed by atoms with Crippen molar-refractivity contribution in [1.82, 2.24) is 10.2 Å². The smallest absolute Gasteiger partial charge is 0.0102 e. The predicted molar refractivity (Wildman–Crippen MR) is 88.1 cm³/mol. The molecule has 1 atom stereocenters. The molecule has 0 aromatic carbocycles. The van der Waals surface area contributed by atoms with Crippen LogP contribution in [-0.4, -0.2) is 37.1 Å². The summed E-state index contributed by atoms with van der Waals surface area (Å²) in [5, 5.41) is 3.61. The second-order valence-electron chi connectivity index (χ2n) is 8.10. The Morgan fingerprint density at radius 1 is 1.05 bits per heavy atom. The van der Waals surface area contributed by atoms with E-state index in [4.69, 9.17) is 0 Å². The van der Waals surface area contributed by atoms with Crippen molar-refractivity contribution in [2.45, 2.75) is 78.7 Å². The quantitative estimate of drug-likeness (QED) is 0.817. The van der Waals surface area contributed by atoms with E-state index >= 15 is 0 Å². The third kappa shape index (κ3) is 3.98. The fourth-order valence-corrected chi connectivity index (χ4v) is 4.28. The summed E-state index contributed by atoms with van der Waals surface area (Å²) >= 11 is 0.